The maximum Gasteiger partial charge on any atom is 0.335 e. The van der Waals surface area contributed by atoms with Gasteiger partial charge in [-0.25, -0.2) is 13.2 Å². The number of hydrogen-bond acceptors (Lipinski definition) is 3. The second-order valence-corrected chi connectivity index (χ2v) is 8.54. The number of hydrogen-bond donors (Lipinski definition) is 1. The van der Waals surface area contributed by atoms with Crippen molar-refractivity contribution in [3.63, 3.8) is 0 Å². The number of benzene rings is 2. The number of aromatic carboxylic acids is 1. The number of sulfonamides is 1. The van der Waals surface area contributed by atoms with Crippen LogP contribution in [0.25, 0.3) is 0 Å². The van der Waals surface area contributed by atoms with Gasteiger partial charge in [0.2, 0.25) is 0 Å². The van der Waals surface area contributed by atoms with E-state index in [1.165, 1.54) is 10.4 Å². The number of aryl methyl sites for hydroxylation is 1. The molecule has 5 nitrogen and oxygen atoms in total. The van der Waals surface area contributed by atoms with E-state index in [0.29, 0.717) is 18.5 Å². The van der Waals surface area contributed by atoms with Gasteiger partial charge in [-0.3, -0.25) is 4.31 Å². The highest BCUT2D eigenvalue weighted by Gasteiger charge is 2.38. The summed E-state index contributed by atoms with van der Waals surface area (Å²) in [6.07, 6.45) is 2.92. The van der Waals surface area contributed by atoms with Gasteiger partial charge in [0.05, 0.1) is 16.1 Å². The van der Waals surface area contributed by atoms with Crippen molar-refractivity contribution in [3.05, 3.63) is 58.7 Å². The maximum atomic E-state index is 13.5. The van der Waals surface area contributed by atoms with Crippen LogP contribution in [-0.4, -0.2) is 25.5 Å². The second kappa shape index (κ2) is 5.59. The molecule has 25 heavy (non-hydrogen) atoms. The molecular formula is C19H19NO4S. The van der Waals surface area contributed by atoms with Gasteiger partial charge in [0, 0.05) is 6.04 Å². The number of para-hydroxylation sites is 1. The Morgan fingerprint density at radius 3 is 2.68 bits per heavy atom. The zero-order chi connectivity index (χ0) is 17.8. The van der Waals surface area contributed by atoms with E-state index in [1.807, 2.05) is 31.2 Å². The fourth-order valence-electron chi connectivity index (χ4n) is 4.03. The minimum atomic E-state index is -3.81. The maximum absolute atomic E-state index is 13.5. The Morgan fingerprint density at radius 1 is 1.16 bits per heavy atom. The highest BCUT2D eigenvalue weighted by molar-refractivity contribution is 7.93. The number of carboxylic acid groups (broad SMARTS) is 1. The van der Waals surface area contributed by atoms with E-state index in [9.17, 15) is 18.3 Å². The molecule has 1 aliphatic carbocycles. The predicted octanol–water partition coefficient (Wildman–Crippen LogP) is 3.01. The molecule has 2 aliphatic rings. The van der Waals surface area contributed by atoms with Crippen LogP contribution in [0, 0.1) is 0 Å². The van der Waals surface area contributed by atoms with Crippen molar-refractivity contribution in [2.75, 3.05) is 4.31 Å². The van der Waals surface area contributed by atoms with Crippen molar-refractivity contribution >= 4 is 21.7 Å². The van der Waals surface area contributed by atoms with Gasteiger partial charge >= 0.3 is 5.97 Å². The molecular weight excluding hydrogens is 338 g/mol. The van der Waals surface area contributed by atoms with E-state index >= 15 is 0 Å². The van der Waals surface area contributed by atoms with Crippen LogP contribution in [0.5, 0.6) is 0 Å². The average molecular weight is 357 g/mol. The van der Waals surface area contributed by atoms with Gasteiger partial charge in [0.1, 0.15) is 0 Å². The van der Waals surface area contributed by atoms with Crippen LogP contribution in [0.1, 0.15) is 40.4 Å². The molecule has 1 heterocycles. The Kier molecular flexibility index (Phi) is 3.61. The van der Waals surface area contributed by atoms with E-state index in [1.54, 1.807) is 6.07 Å². The van der Waals surface area contributed by atoms with Gasteiger partial charge in [-0.1, -0.05) is 18.2 Å². The van der Waals surface area contributed by atoms with Crippen LogP contribution >= 0.6 is 0 Å². The SMILES string of the molecule is CC1Cc2ccccc2N1S(=O)(=O)c1cc(C(=O)O)cc2c1CCC2. The van der Waals surface area contributed by atoms with E-state index in [2.05, 4.69) is 0 Å². The largest absolute Gasteiger partial charge is 0.478 e. The number of rotatable bonds is 3. The molecule has 2 aromatic carbocycles. The molecule has 0 fully saturated rings. The number of carbonyl (C=O) groups is 1. The molecule has 0 saturated heterocycles. The van der Waals surface area contributed by atoms with Crippen LogP contribution in [0.4, 0.5) is 5.69 Å². The summed E-state index contributed by atoms with van der Waals surface area (Å²) in [4.78, 5) is 11.6. The highest BCUT2D eigenvalue weighted by Crippen LogP contribution is 2.39. The van der Waals surface area contributed by atoms with E-state index in [4.69, 9.17) is 0 Å². The summed E-state index contributed by atoms with van der Waals surface area (Å²) in [5.74, 6) is -1.10. The average Bonchev–Trinajstić information content (AvgIpc) is 3.16. The molecule has 0 amide bonds. The Morgan fingerprint density at radius 2 is 1.92 bits per heavy atom. The molecule has 0 radical (unpaired) electrons. The first-order valence-electron chi connectivity index (χ1n) is 8.41. The second-order valence-electron chi connectivity index (χ2n) is 6.75. The summed E-state index contributed by atoms with van der Waals surface area (Å²) in [5.41, 5.74) is 3.37. The van der Waals surface area contributed by atoms with E-state index in [0.717, 1.165) is 29.5 Å². The highest BCUT2D eigenvalue weighted by atomic mass is 32.2. The third-order valence-corrected chi connectivity index (χ3v) is 7.10. The summed E-state index contributed by atoms with van der Waals surface area (Å²) in [6, 6.07) is 10.3. The Hall–Kier alpha value is -2.34. The molecule has 2 aromatic rings. The molecule has 1 N–H and O–H groups in total. The summed E-state index contributed by atoms with van der Waals surface area (Å²) in [6.45, 7) is 1.89. The summed E-state index contributed by atoms with van der Waals surface area (Å²) >= 11 is 0. The minimum Gasteiger partial charge on any atom is -0.478 e. The van der Waals surface area contributed by atoms with Crippen LogP contribution in [-0.2, 0) is 29.3 Å². The van der Waals surface area contributed by atoms with Crippen molar-refractivity contribution in [1.29, 1.82) is 0 Å². The summed E-state index contributed by atoms with van der Waals surface area (Å²) in [5, 5.41) is 9.37. The summed E-state index contributed by atoms with van der Waals surface area (Å²) < 4.78 is 28.4. The molecule has 130 valence electrons. The fourth-order valence-corrected chi connectivity index (χ4v) is 6.05. The monoisotopic (exact) mass is 357 g/mol. The van der Waals surface area contributed by atoms with Gasteiger partial charge in [-0.15, -0.1) is 0 Å². The molecule has 4 rings (SSSR count). The zero-order valence-electron chi connectivity index (χ0n) is 13.9. The normalized spacial score (nSPS) is 18.9. The fraction of sp³-hybridized carbons (Fsp3) is 0.316. The van der Waals surface area contributed by atoms with Crippen molar-refractivity contribution in [2.45, 2.75) is 43.5 Å². The molecule has 1 atom stereocenters. The Bertz CT molecular complexity index is 981. The molecule has 6 heteroatoms. The third-order valence-electron chi connectivity index (χ3n) is 5.10. The first kappa shape index (κ1) is 16.1. The number of fused-ring (bicyclic) bond motifs is 2. The van der Waals surface area contributed by atoms with Gasteiger partial charge in [0.25, 0.3) is 10.0 Å². The van der Waals surface area contributed by atoms with Crippen molar-refractivity contribution in [1.82, 2.24) is 0 Å². The lowest BCUT2D eigenvalue weighted by Crippen LogP contribution is -2.36. The van der Waals surface area contributed by atoms with Crippen LogP contribution in [0.3, 0.4) is 0 Å². The van der Waals surface area contributed by atoms with Crippen molar-refractivity contribution in [3.8, 4) is 0 Å². The smallest absolute Gasteiger partial charge is 0.335 e. The number of nitrogens with zero attached hydrogens (tertiary/aromatic N) is 1. The van der Waals surface area contributed by atoms with Crippen LogP contribution in [0.15, 0.2) is 41.3 Å². The van der Waals surface area contributed by atoms with Crippen molar-refractivity contribution < 1.29 is 18.3 Å². The molecule has 1 aliphatic heterocycles. The number of anilines is 1. The minimum absolute atomic E-state index is 0.0411. The van der Waals surface area contributed by atoms with Gasteiger partial charge in [-0.05, 0) is 67.5 Å². The van der Waals surface area contributed by atoms with Gasteiger partial charge in [-0.2, -0.15) is 0 Å². The van der Waals surface area contributed by atoms with E-state index < -0.39 is 16.0 Å². The standard InChI is InChI=1S/C19H19NO4S/c1-12-9-14-5-2-3-8-17(14)20(12)25(23,24)18-11-15(19(21)22)10-13-6-4-7-16(13)18/h2-3,5,8,10-12H,4,6-7,9H2,1H3,(H,21,22). The molecule has 0 saturated carbocycles. The first-order valence-corrected chi connectivity index (χ1v) is 9.85. The van der Waals surface area contributed by atoms with Crippen LogP contribution in [0.2, 0.25) is 0 Å². The van der Waals surface area contributed by atoms with E-state index in [-0.39, 0.29) is 16.5 Å². The zero-order valence-corrected chi connectivity index (χ0v) is 14.7. The lowest BCUT2D eigenvalue weighted by Gasteiger charge is -2.26. The topological polar surface area (TPSA) is 74.7 Å². The molecule has 0 spiro atoms. The summed E-state index contributed by atoms with van der Waals surface area (Å²) in [7, 11) is -3.81. The molecule has 0 aromatic heterocycles. The lowest BCUT2D eigenvalue weighted by atomic mass is 10.1. The Labute approximate surface area is 147 Å². The van der Waals surface area contributed by atoms with Crippen LogP contribution < -0.4 is 4.31 Å². The van der Waals surface area contributed by atoms with Gasteiger partial charge < -0.3 is 5.11 Å². The third kappa shape index (κ3) is 2.43. The molecule has 1 unspecified atom stereocenters. The van der Waals surface area contributed by atoms with Crippen molar-refractivity contribution in [2.24, 2.45) is 0 Å². The predicted molar refractivity (Wildman–Crippen MR) is 94.7 cm³/mol. The lowest BCUT2D eigenvalue weighted by molar-refractivity contribution is 0.0696. The Balaban J connectivity index is 1.91. The molecule has 0 bridgehead atoms. The quantitative estimate of drug-likeness (QED) is 0.916. The number of carboxylic acids is 1. The first-order chi connectivity index (χ1) is 11.9. The van der Waals surface area contributed by atoms with Gasteiger partial charge in [0.15, 0.2) is 0 Å².